The molecule has 0 aliphatic carbocycles. The number of rotatable bonds is 1. The first-order valence-corrected chi connectivity index (χ1v) is 5.88. The van der Waals surface area contributed by atoms with Crippen molar-refractivity contribution in [3.63, 3.8) is 0 Å². The Morgan fingerprint density at radius 2 is 2.11 bits per heavy atom. The molecule has 0 bridgehead atoms. The fourth-order valence-electron chi connectivity index (χ4n) is 1.29. The van der Waals surface area contributed by atoms with Gasteiger partial charge in [-0.2, -0.15) is 0 Å². The summed E-state index contributed by atoms with van der Waals surface area (Å²) >= 11 is 0. The highest BCUT2D eigenvalue weighted by Crippen LogP contribution is 2.19. The maximum absolute atomic E-state index is 5.68. The van der Waals surface area contributed by atoms with Crippen LogP contribution in [0.15, 0.2) is 0 Å². The zero-order chi connectivity index (χ0) is 6.69. The smallest absolute Gasteiger partial charge is 0.179 e. The summed E-state index contributed by atoms with van der Waals surface area (Å²) in [5.41, 5.74) is 0.852. The zero-order valence-corrected chi connectivity index (χ0v) is 7.55. The molecule has 0 spiro atoms. The van der Waals surface area contributed by atoms with E-state index < -0.39 is 9.04 Å². The molecule has 1 atom stereocenters. The summed E-state index contributed by atoms with van der Waals surface area (Å²) in [4.78, 5) is 0. The van der Waals surface area contributed by atoms with Gasteiger partial charge in [-0.15, -0.1) is 0 Å². The minimum absolute atomic E-state index is 0.699. The van der Waals surface area contributed by atoms with Gasteiger partial charge in [0.25, 0.3) is 0 Å². The molecule has 1 saturated heterocycles. The largest absolute Gasteiger partial charge is 0.420 e. The van der Waals surface area contributed by atoms with Crippen LogP contribution in [0.1, 0.15) is 26.7 Å². The van der Waals surface area contributed by atoms with Crippen LogP contribution in [0.3, 0.4) is 0 Å². The van der Waals surface area contributed by atoms with E-state index in [1.807, 2.05) is 0 Å². The molecule has 0 aromatic rings. The highest BCUT2D eigenvalue weighted by Gasteiger charge is 2.18. The Balaban J connectivity index is 2.23. The van der Waals surface area contributed by atoms with E-state index >= 15 is 0 Å². The van der Waals surface area contributed by atoms with Crippen LogP contribution in [0.5, 0.6) is 0 Å². The van der Waals surface area contributed by atoms with Gasteiger partial charge in [0, 0.05) is 6.61 Å². The lowest BCUT2D eigenvalue weighted by Crippen LogP contribution is -2.25. The lowest BCUT2D eigenvalue weighted by Gasteiger charge is -2.23. The van der Waals surface area contributed by atoms with Crippen LogP contribution in [0.2, 0.25) is 11.6 Å². The predicted octanol–water partition coefficient (Wildman–Crippen LogP) is 1.93. The van der Waals surface area contributed by atoms with Crippen molar-refractivity contribution in [3.8, 4) is 0 Å². The minimum atomic E-state index is -0.699. The average Bonchev–Trinajstić information content (AvgIpc) is 1.90. The van der Waals surface area contributed by atoms with Crippen LogP contribution in [0, 0.1) is 0 Å². The summed E-state index contributed by atoms with van der Waals surface area (Å²) < 4.78 is 5.68. The van der Waals surface area contributed by atoms with E-state index in [1.54, 1.807) is 0 Å². The van der Waals surface area contributed by atoms with Crippen molar-refractivity contribution < 1.29 is 4.43 Å². The summed E-state index contributed by atoms with van der Waals surface area (Å²) in [6.07, 6.45) is 2.73. The second-order valence-corrected chi connectivity index (χ2v) is 6.47. The van der Waals surface area contributed by atoms with Gasteiger partial charge in [-0.1, -0.05) is 20.3 Å². The Kier molecular flexibility index (Phi) is 2.73. The van der Waals surface area contributed by atoms with Crippen LogP contribution < -0.4 is 0 Å². The summed E-state index contributed by atoms with van der Waals surface area (Å²) in [5.74, 6) is 0. The monoisotopic (exact) mass is 144 g/mol. The Labute approximate surface area is 59.1 Å². The summed E-state index contributed by atoms with van der Waals surface area (Å²) in [5, 5.41) is 0. The normalized spacial score (nSPS) is 29.0. The standard InChI is InChI=1S/C7H16OSi/c1-7(2)9-6-4-3-5-8-9/h7,9H,3-6H2,1-2H3. The number of hydrogen-bond acceptors (Lipinski definition) is 1. The van der Waals surface area contributed by atoms with Gasteiger partial charge >= 0.3 is 0 Å². The van der Waals surface area contributed by atoms with Crippen molar-refractivity contribution in [2.75, 3.05) is 6.61 Å². The Morgan fingerprint density at radius 3 is 2.44 bits per heavy atom. The second-order valence-electron chi connectivity index (χ2n) is 3.15. The highest BCUT2D eigenvalue weighted by molar-refractivity contribution is 6.53. The van der Waals surface area contributed by atoms with E-state index in [-0.39, 0.29) is 0 Å². The van der Waals surface area contributed by atoms with Gasteiger partial charge in [0.1, 0.15) is 0 Å². The van der Waals surface area contributed by atoms with Gasteiger partial charge < -0.3 is 4.43 Å². The molecule has 1 heterocycles. The summed E-state index contributed by atoms with van der Waals surface area (Å²) in [6, 6.07) is 1.41. The minimum Gasteiger partial charge on any atom is -0.420 e. The molecule has 1 aliphatic heterocycles. The molecule has 0 saturated carbocycles. The van der Waals surface area contributed by atoms with E-state index in [9.17, 15) is 0 Å². The topological polar surface area (TPSA) is 9.23 Å². The predicted molar refractivity (Wildman–Crippen MR) is 42.2 cm³/mol. The van der Waals surface area contributed by atoms with Gasteiger partial charge in [0.2, 0.25) is 0 Å². The lowest BCUT2D eigenvalue weighted by atomic mass is 10.4. The fraction of sp³-hybridized carbons (Fsp3) is 1.00. The van der Waals surface area contributed by atoms with E-state index in [1.165, 1.54) is 18.9 Å². The van der Waals surface area contributed by atoms with E-state index in [4.69, 9.17) is 4.43 Å². The zero-order valence-electron chi connectivity index (χ0n) is 6.39. The Bertz CT molecular complexity index is 77.0. The molecule has 1 aliphatic rings. The molecule has 1 unspecified atom stereocenters. The molecule has 1 fully saturated rings. The molecule has 0 aromatic carbocycles. The molecular weight excluding hydrogens is 128 g/mol. The van der Waals surface area contributed by atoms with Crippen molar-refractivity contribution in [1.29, 1.82) is 0 Å². The Hall–Kier alpha value is 0.177. The molecular formula is C7H16OSi. The van der Waals surface area contributed by atoms with Gasteiger partial charge in [-0.3, -0.25) is 0 Å². The quantitative estimate of drug-likeness (QED) is 0.511. The van der Waals surface area contributed by atoms with Gasteiger partial charge in [-0.25, -0.2) is 0 Å². The number of hydrogen-bond donors (Lipinski definition) is 0. The third-order valence-corrected chi connectivity index (χ3v) is 5.09. The lowest BCUT2D eigenvalue weighted by molar-refractivity contribution is 0.281. The third kappa shape index (κ3) is 2.10. The van der Waals surface area contributed by atoms with Crippen molar-refractivity contribution >= 4 is 9.04 Å². The van der Waals surface area contributed by atoms with Crippen molar-refractivity contribution in [3.05, 3.63) is 0 Å². The maximum atomic E-state index is 5.68. The Morgan fingerprint density at radius 1 is 1.33 bits per heavy atom. The van der Waals surface area contributed by atoms with Crippen LogP contribution in [-0.2, 0) is 4.43 Å². The molecule has 1 rings (SSSR count). The summed E-state index contributed by atoms with van der Waals surface area (Å²) in [6.45, 7) is 5.64. The van der Waals surface area contributed by atoms with Gasteiger partial charge in [0.15, 0.2) is 9.04 Å². The second kappa shape index (κ2) is 3.37. The van der Waals surface area contributed by atoms with Crippen molar-refractivity contribution in [2.45, 2.75) is 38.3 Å². The van der Waals surface area contributed by atoms with Crippen molar-refractivity contribution in [2.24, 2.45) is 0 Å². The van der Waals surface area contributed by atoms with Crippen LogP contribution in [-0.4, -0.2) is 15.6 Å². The first-order valence-electron chi connectivity index (χ1n) is 3.92. The highest BCUT2D eigenvalue weighted by atomic mass is 28.3. The van der Waals surface area contributed by atoms with Crippen LogP contribution >= 0.6 is 0 Å². The SMILES string of the molecule is CC(C)[SiH]1CCCCO1. The molecule has 0 aromatic heterocycles. The molecule has 54 valence electrons. The van der Waals surface area contributed by atoms with Crippen molar-refractivity contribution in [1.82, 2.24) is 0 Å². The average molecular weight is 144 g/mol. The first-order chi connectivity index (χ1) is 4.30. The molecule has 1 nitrogen and oxygen atoms in total. The molecule has 0 radical (unpaired) electrons. The van der Waals surface area contributed by atoms with Gasteiger partial charge in [-0.05, 0) is 18.0 Å². The van der Waals surface area contributed by atoms with Crippen LogP contribution in [0.25, 0.3) is 0 Å². The molecule has 9 heavy (non-hydrogen) atoms. The summed E-state index contributed by atoms with van der Waals surface area (Å²) in [7, 11) is -0.699. The molecule has 2 heteroatoms. The van der Waals surface area contributed by atoms with E-state index in [2.05, 4.69) is 13.8 Å². The molecule has 0 N–H and O–H groups in total. The third-order valence-electron chi connectivity index (χ3n) is 1.96. The van der Waals surface area contributed by atoms with E-state index in [0.29, 0.717) is 0 Å². The fourth-order valence-corrected chi connectivity index (χ4v) is 3.67. The van der Waals surface area contributed by atoms with Gasteiger partial charge in [0.05, 0.1) is 0 Å². The maximum Gasteiger partial charge on any atom is 0.179 e. The first kappa shape index (κ1) is 7.29. The van der Waals surface area contributed by atoms with E-state index in [0.717, 1.165) is 12.1 Å². The molecule has 0 amide bonds. The van der Waals surface area contributed by atoms with Crippen LogP contribution in [0.4, 0.5) is 0 Å².